The molecule has 0 radical (unpaired) electrons. The zero-order valence-electron chi connectivity index (χ0n) is 11.3. The van der Waals surface area contributed by atoms with Crippen LogP contribution in [0.1, 0.15) is 51.5 Å². The summed E-state index contributed by atoms with van der Waals surface area (Å²) in [5, 5.41) is 0.613. The van der Waals surface area contributed by atoms with Crippen molar-refractivity contribution in [3.8, 4) is 0 Å². The quantitative estimate of drug-likeness (QED) is 0.779. The molecule has 3 nitrogen and oxygen atoms in total. The average molecular weight is 268 g/mol. The van der Waals surface area contributed by atoms with Crippen molar-refractivity contribution in [2.75, 3.05) is 11.4 Å². The Kier molecular flexibility index (Phi) is 4.81. The zero-order chi connectivity index (χ0) is 13.0. The van der Waals surface area contributed by atoms with Gasteiger partial charge in [-0.3, -0.25) is 0 Å². The molecule has 2 heterocycles. The minimum absolute atomic E-state index is 0.601. The molecule has 0 aromatic carbocycles. The Labute approximate surface area is 115 Å². The van der Waals surface area contributed by atoms with Gasteiger partial charge in [0.05, 0.1) is 0 Å². The largest absolute Gasteiger partial charge is 0.353 e. The van der Waals surface area contributed by atoms with Gasteiger partial charge in [-0.05, 0) is 25.7 Å². The summed E-state index contributed by atoms with van der Waals surface area (Å²) in [7, 11) is 0. The number of rotatable bonds is 3. The third-order valence-corrected chi connectivity index (χ3v) is 4.17. The van der Waals surface area contributed by atoms with E-state index in [1.807, 2.05) is 0 Å². The molecule has 1 saturated heterocycles. The third kappa shape index (κ3) is 2.77. The predicted molar refractivity (Wildman–Crippen MR) is 76.3 cm³/mol. The van der Waals surface area contributed by atoms with Crippen molar-refractivity contribution in [1.29, 1.82) is 0 Å². The fourth-order valence-corrected chi connectivity index (χ4v) is 3.08. The molecule has 1 fully saturated rings. The summed E-state index contributed by atoms with van der Waals surface area (Å²) in [5.41, 5.74) is 1.10. The van der Waals surface area contributed by atoms with Crippen LogP contribution in [0.3, 0.4) is 0 Å². The first-order valence-corrected chi connectivity index (χ1v) is 7.41. The van der Waals surface area contributed by atoms with Crippen molar-refractivity contribution >= 4 is 17.4 Å². The normalized spacial score (nSPS) is 20.8. The van der Waals surface area contributed by atoms with Gasteiger partial charge in [-0.15, -0.1) is 0 Å². The molecule has 0 bridgehead atoms. The van der Waals surface area contributed by atoms with Crippen LogP contribution in [0.4, 0.5) is 5.82 Å². The molecule has 1 aromatic heterocycles. The highest BCUT2D eigenvalue weighted by atomic mass is 35.5. The van der Waals surface area contributed by atoms with Gasteiger partial charge in [-0.2, -0.15) is 0 Å². The van der Waals surface area contributed by atoms with Crippen LogP contribution in [0.2, 0.25) is 5.15 Å². The van der Waals surface area contributed by atoms with Crippen LogP contribution in [-0.4, -0.2) is 22.6 Å². The molecular weight excluding hydrogens is 246 g/mol. The van der Waals surface area contributed by atoms with E-state index in [2.05, 4.69) is 28.7 Å². The van der Waals surface area contributed by atoms with Crippen LogP contribution in [-0.2, 0) is 6.42 Å². The van der Waals surface area contributed by atoms with Crippen LogP contribution in [0.5, 0.6) is 0 Å². The van der Waals surface area contributed by atoms with E-state index in [1.54, 1.807) is 6.33 Å². The Balaban J connectivity index is 2.35. The second kappa shape index (κ2) is 6.37. The first-order valence-electron chi connectivity index (χ1n) is 7.03. The van der Waals surface area contributed by atoms with Crippen molar-refractivity contribution in [1.82, 2.24) is 9.97 Å². The minimum atomic E-state index is 0.601. The van der Waals surface area contributed by atoms with Gasteiger partial charge in [0, 0.05) is 18.2 Å². The molecule has 4 heteroatoms. The summed E-state index contributed by atoms with van der Waals surface area (Å²) in [5.74, 6) is 1.06. The van der Waals surface area contributed by atoms with Crippen LogP contribution >= 0.6 is 11.6 Å². The SMILES string of the molecule is CCc1c(Cl)ncnc1N1CCCCCC1CC. The van der Waals surface area contributed by atoms with Crippen LogP contribution in [0.15, 0.2) is 6.33 Å². The summed E-state index contributed by atoms with van der Waals surface area (Å²) < 4.78 is 0. The molecule has 1 unspecified atom stereocenters. The van der Waals surface area contributed by atoms with Gasteiger partial charge in [-0.25, -0.2) is 9.97 Å². The highest BCUT2D eigenvalue weighted by molar-refractivity contribution is 6.30. The van der Waals surface area contributed by atoms with Gasteiger partial charge in [0.1, 0.15) is 17.3 Å². The number of halogens is 1. The molecule has 0 N–H and O–H groups in total. The van der Waals surface area contributed by atoms with Gasteiger partial charge in [0.2, 0.25) is 0 Å². The standard InChI is InChI=1S/C14H22ClN3/c1-3-11-8-6-5-7-9-18(11)14-12(4-2)13(15)16-10-17-14/h10-11H,3-9H2,1-2H3. The summed E-state index contributed by atoms with van der Waals surface area (Å²) in [6.07, 6.45) is 8.83. The molecule has 2 rings (SSSR count). The highest BCUT2D eigenvalue weighted by Gasteiger charge is 2.23. The number of aromatic nitrogens is 2. The maximum atomic E-state index is 6.20. The van der Waals surface area contributed by atoms with E-state index in [9.17, 15) is 0 Å². The molecule has 0 aliphatic carbocycles. The van der Waals surface area contributed by atoms with Gasteiger partial charge in [0.15, 0.2) is 0 Å². The maximum absolute atomic E-state index is 6.20. The van der Waals surface area contributed by atoms with E-state index >= 15 is 0 Å². The lowest BCUT2D eigenvalue weighted by Crippen LogP contribution is -2.35. The molecule has 18 heavy (non-hydrogen) atoms. The maximum Gasteiger partial charge on any atom is 0.137 e. The predicted octanol–water partition coefficient (Wildman–Crippen LogP) is 3.85. The summed E-state index contributed by atoms with van der Waals surface area (Å²) in [6.45, 7) is 5.48. The fraction of sp³-hybridized carbons (Fsp3) is 0.714. The van der Waals surface area contributed by atoms with Crippen molar-refractivity contribution < 1.29 is 0 Å². The highest BCUT2D eigenvalue weighted by Crippen LogP contribution is 2.29. The Morgan fingerprint density at radius 3 is 2.83 bits per heavy atom. The van der Waals surface area contributed by atoms with Gasteiger partial charge in [0.25, 0.3) is 0 Å². The van der Waals surface area contributed by atoms with Crippen molar-refractivity contribution in [2.45, 2.75) is 58.4 Å². The molecule has 1 aliphatic heterocycles. The van der Waals surface area contributed by atoms with E-state index in [-0.39, 0.29) is 0 Å². The van der Waals surface area contributed by atoms with Crippen molar-refractivity contribution in [3.63, 3.8) is 0 Å². The Hall–Kier alpha value is -0.830. The lowest BCUT2D eigenvalue weighted by Gasteiger charge is -2.31. The lowest BCUT2D eigenvalue weighted by molar-refractivity contribution is 0.550. The fourth-order valence-electron chi connectivity index (χ4n) is 2.81. The van der Waals surface area contributed by atoms with Crippen LogP contribution < -0.4 is 4.90 Å². The van der Waals surface area contributed by atoms with Crippen molar-refractivity contribution in [2.24, 2.45) is 0 Å². The topological polar surface area (TPSA) is 29.0 Å². The zero-order valence-corrected chi connectivity index (χ0v) is 12.1. The number of hydrogen-bond donors (Lipinski definition) is 0. The smallest absolute Gasteiger partial charge is 0.137 e. The van der Waals surface area contributed by atoms with Gasteiger partial charge in [-0.1, -0.05) is 38.3 Å². The molecule has 100 valence electrons. The molecule has 1 atom stereocenters. The van der Waals surface area contributed by atoms with Crippen molar-refractivity contribution in [3.05, 3.63) is 17.0 Å². The molecular formula is C14H22ClN3. The third-order valence-electron chi connectivity index (χ3n) is 3.84. The lowest BCUT2D eigenvalue weighted by atomic mass is 10.1. The number of nitrogens with zero attached hydrogens (tertiary/aromatic N) is 3. The Morgan fingerprint density at radius 2 is 2.11 bits per heavy atom. The van der Waals surface area contributed by atoms with E-state index in [1.165, 1.54) is 32.1 Å². The van der Waals surface area contributed by atoms with Crippen LogP contribution in [0, 0.1) is 0 Å². The van der Waals surface area contributed by atoms with E-state index in [0.29, 0.717) is 11.2 Å². The van der Waals surface area contributed by atoms with E-state index < -0.39 is 0 Å². The summed E-state index contributed by atoms with van der Waals surface area (Å²) >= 11 is 6.20. The van der Waals surface area contributed by atoms with Gasteiger partial charge >= 0.3 is 0 Å². The first kappa shape index (κ1) is 13.6. The number of anilines is 1. The average Bonchev–Trinajstić information content (AvgIpc) is 2.63. The first-order chi connectivity index (χ1) is 8.77. The minimum Gasteiger partial charge on any atom is -0.353 e. The second-order valence-corrected chi connectivity index (χ2v) is 5.28. The second-order valence-electron chi connectivity index (χ2n) is 4.92. The van der Waals surface area contributed by atoms with E-state index in [4.69, 9.17) is 11.6 Å². The summed E-state index contributed by atoms with van der Waals surface area (Å²) in [4.78, 5) is 11.1. The molecule has 0 amide bonds. The molecule has 0 saturated carbocycles. The Morgan fingerprint density at radius 1 is 1.28 bits per heavy atom. The molecule has 0 spiro atoms. The monoisotopic (exact) mass is 267 g/mol. The van der Waals surface area contributed by atoms with Crippen LogP contribution in [0.25, 0.3) is 0 Å². The molecule has 1 aliphatic rings. The van der Waals surface area contributed by atoms with Gasteiger partial charge < -0.3 is 4.90 Å². The Bertz CT molecular complexity index is 395. The molecule has 1 aromatic rings. The van der Waals surface area contributed by atoms with E-state index in [0.717, 1.165) is 24.3 Å². The summed E-state index contributed by atoms with van der Waals surface area (Å²) in [6, 6.07) is 0.601. The number of hydrogen-bond acceptors (Lipinski definition) is 3.